The van der Waals surface area contributed by atoms with Gasteiger partial charge < -0.3 is 34.6 Å². The number of aliphatic hydroxyl groups excluding tert-OH is 4. The zero-order valence-electron chi connectivity index (χ0n) is 14.3. The van der Waals surface area contributed by atoms with Gasteiger partial charge in [-0.2, -0.15) is 0 Å². The van der Waals surface area contributed by atoms with Crippen LogP contribution in [0.2, 0.25) is 0 Å². The SMILES string of the molecule is CC=C1C2=CCCN3C(=O)OC(C1OC1OC(CO)C(O)C(O)C1O)C23. The molecule has 0 spiro atoms. The number of ether oxygens (including phenoxy) is 3. The molecule has 0 aromatic heterocycles. The van der Waals surface area contributed by atoms with Crippen LogP contribution in [-0.2, 0) is 14.2 Å². The van der Waals surface area contributed by atoms with Gasteiger partial charge in [-0.15, -0.1) is 0 Å². The number of carbonyl (C=O) groups excluding carboxylic acids is 1. The third-order valence-electron chi connectivity index (χ3n) is 5.55. The molecule has 9 nitrogen and oxygen atoms in total. The fraction of sp³-hybridized carbons (Fsp3) is 0.706. The van der Waals surface area contributed by atoms with Crippen molar-refractivity contribution in [3.63, 3.8) is 0 Å². The van der Waals surface area contributed by atoms with Gasteiger partial charge in [0.25, 0.3) is 0 Å². The molecule has 3 fully saturated rings. The molecule has 4 rings (SSSR count). The number of nitrogens with zero attached hydrogens (tertiary/aromatic N) is 1. The Morgan fingerprint density at radius 3 is 2.77 bits per heavy atom. The van der Waals surface area contributed by atoms with E-state index in [1.165, 1.54) is 0 Å². The van der Waals surface area contributed by atoms with E-state index >= 15 is 0 Å². The van der Waals surface area contributed by atoms with Crippen molar-refractivity contribution in [2.75, 3.05) is 13.2 Å². The van der Waals surface area contributed by atoms with Crippen molar-refractivity contribution in [1.82, 2.24) is 4.90 Å². The predicted octanol–water partition coefficient (Wildman–Crippen LogP) is -1.35. The quantitative estimate of drug-likeness (QED) is 0.481. The molecule has 0 aromatic carbocycles. The summed E-state index contributed by atoms with van der Waals surface area (Å²) in [4.78, 5) is 13.8. The van der Waals surface area contributed by atoms with Gasteiger partial charge in [-0.05, 0) is 24.5 Å². The molecule has 8 atom stereocenters. The third-order valence-corrected chi connectivity index (χ3v) is 5.55. The van der Waals surface area contributed by atoms with Gasteiger partial charge in [-0.25, -0.2) is 4.79 Å². The van der Waals surface area contributed by atoms with Crippen molar-refractivity contribution >= 4 is 6.09 Å². The van der Waals surface area contributed by atoms with Crippen LogP contribution in [0.3, 0.4) is 0 Å². The molecule has 4 aliphatic rings. The van der Waals surface area contributed by atoms with Crippen molar-refractivity contribution < 1.29 is 39.4 Å². The Morgan fingerprint density at radius 1 is 1.31 bits per heavy atom. The molecule has 3 heterocycles. The summed E-state index contributed by atoms with van der Waals surface area (Å²) < 4.78 is 16.9. The van der Waals surface area contributed by atoms with Crippen LogP contribution < -0.4 is 0 Å². The summed E-state index contributed by atoms with van der Waals surface area (Å²) in [6, 6.07) is -0.239. The Hall–Kier alpha value is -1.49. The lowest BCUT2D eigenvalue weighted by Crippen LogP contribution is -2.60. The molecule has 4 N–H and O–H groups in total. The summed E-state index contributed by atoms with van der Waals surface area (Å²) >= 11 is 0. The number of hydrogen-bond acceptors (Lipinski definition) is 8. The second-order valence-electron chi connectivity index (χ2n) is 6.93. The smallest absolute Gasteiger partial charge is 0.410 e. The highest BCUT2D eigenvalue weighted by atomic mass is 16.7. The highest BCUT2D eigenvalue weighted by Gasteiger charge is 2.57. The first-order valence-corrected chi connectivity index (χ1v) is 8.77. The Morgan fingerprint density at radius 2 is 2.08 bits per heavy atom. The first-order chi connectivity index (χ1) is 12.5. The standard InChI is InChI=1S/C17H23NO8/c1-2-7-8-4-3-5-18-10(8)15(26-17(18)23)14(7)25-16-13(22)12(21)11(20)9(6-19)24-16/h2,4,9-16,19-22H,3,5-6H2,1H3. The molecule has 0 radical (unpaired) electrons. The zero-order valence-corrected chi connectivity index (χ0v) is 14.3. The Kier molecular flexibility index (Phi) is 4.54. The average Bonchev–Trinajstić information content (AvgIpc) is 3.13. The molecule has 9 heteroatoms. The van der Waals surface area contributed by atoms with E-state index in [9.17, 15) is 25.2 Å². The normalized spacial score (nSPS) is 46.3. The van der Waals surface area contributed by atoms with Gasteiger partial charge in [0.1, 0.15) is 36.6 Å². The van der Waals surface area contributed by atoms with E-state index in [1.54, 1.807) is 4.90 Å². The maximum Gasteiger partial charge on any atom is 0.410 e. The summed E-state index contributed by atoms with van der Waals surface area (Å²) in [6.07, 6.45) is -3.82. The average molecular weight is 369 g/mol. The van der Waals surface area contributed by atoms with Crippen molar-refractivity contribution in [3.8, 4) is 0 Å². The first-order valence-electron chi connectivity index (χ1n) is 8.77. The number of amides is 1. The number of hydrogen-bond donors (Lipinski definition) is 4. The summed E-state index contributed by atoms with van der Waals surface area (Å²) in [5.74, 6) is 0. The number of carbonyl (C=O) groups is 1. The third kappa shape index (κ3) is 2.50. The fourth-order valence-electron chi connectivity index (χ4n) is 4.26. The predicted molar refractivity (Wildman–Crippen MR) is 85.9 cm³/mol. The van der Waals surface area contributed by atoms with Gasteiger partial charge in [0, 0.05) is 6.54 Å². The highest BCUT2D eigenvalue weighted by molar-refractivity contribution is 5.74. The lowest BCUT2D eigenvalue weighted by atomic mass is 9.99. The van der Waals surface area contributed by atoms with E-state index in [1.807, 2.05) is 13.0 Å². The van der Waals surface area contributed by atoms with E-state index < -0.39 is 55.6 Å². The summed E-state index contributed by atoms with van der Waals surface area (Å²) in [6.45, 7) is 1.89. The van der Waals surface area contributed by atoms with Crippen LogP contribution in [-0.4, -0.2) is 93.5 Å². The van der Waals surface area contributed by atoms with Gasteiger partial charge in [0.15, 0.2) is 12.4 Å². The lowest BCUT2D eigenvalue weighted by molar-refractivity contribution is -0.311. The maximum absolute atomic E-state index is 12.1. The monoisotopic (exact) mass is 369 g/mol. The summed E-state index contributed by atoms with van der Waals surface area (Å²) in [7, 11) is 0. The van der Waals surface area contributed by atoms with E-state index in [4.69, 9.17) is 14.2 Å². The van der Waals surface area contributed by atoms with Gasteiger partial charge in [0.2, 0.25) is 0 Å². The van der Waals surface area contributed by atoms with Crippen LogP contribution in [0.1, 0.15) is 13.3 Å². The molecule has 0 bridgehead atoms. The van der Waals surface area contributed by atoms with Crippen LogP contribution in [0.15, 0.2) is 23.3 Å². The number of aliphatic hydroxyl groups is 4. The second kappa shape index (κ2) is 6.59. The molecular formula is C17H23NO8. The fourth-order valence-corrected chi connectivity index (χ4v) is 4.26. The molecule has 0 aromatic rings. The number of allylic oxidation sites excluding steroid dienone is 1. The zero-order chi connectivity index (χ0) is 18.6. The number of rotatable bonds is 3. The van der Waals surface area contributed by atoms with Crippen LogP contribution in [0.25, 0.3) is 0 Å². The molecule has 1 saturated carbocycles. The molecule has 1 aliphatic carbocycles. The molecule has 144 valence electrons. The minimum atomic E-state index is -1.52. The van der Waals surface area contributed by atoms with E-state index in [0.29, 0.717) is 6.54 Å². The van der Waals surface area contributed by atoms with E-state index in [2.05, 4.69) is 6.08 Å². The minimum Gasteiger partial charge on any atom is -0.440 e. The first kappa shape index (κ1) is 17.9. The molecule has 2 saturated heterocycles. The molecule has 8 unspecified atom stereocenters. The summed E-state index contributed by atoms with van der Waals surface area (Å²) in [5.41, 5.74) is 1.80. The molecular weight excluding hydrogens is 346 g/mol. The minimum absolute atomic E-state index is 0.239. The topological polar surface area (TPSA) is 129 Å². The Labute approximate surface area is 150 Å². The van der Waals surface area contributed by atoms with Gasteiger partial charge in [-0.1, -0.05) is 12.2 Å². The Balaban J connectivity index is 1.60. The maximum atomic E-state index is 12.1. The van der Waals surface area contributed by atoms with Crippen molar-refractivity contribution in [1.29, 1.82) is 0 Å². The van der Waals surface area contributed by atoms with Crippen LogP contribution in [0, 0.1) is 0 Å². The van der Waals surface area contributed by atoms with Crippen molar-refractivity contribution in [2.24, 2.45) is 0 Å². The van der Waals surface area contributed by atoms with Crippen molar-refractivity contribution in [3.05, 3.63) is 23.3 Å². The summed E-state index contributed by atoms with van der Waals surface area (Å²) in [5, 5.41) is 39.4. The van der Waals surface area contributed by atoms with Gasteiger partial charge >= 0.3 is 6.09 Å². The van der Waals surface area contributed by atoms with Crippen LogP contribution in [0.5, 0.6) is 0 Å². The largest absolute Gasteiger partial charge is 0.440 e. The lowest BCUT2D eigenvalue weighted by Gasteiger charge is -2.40. The van der Waals surface area contributed by atoms with E-state index in [-0.39, 0.29) is 6.04 Å². The van der Waals surface area contributed by atoms with E-state index in [0.717, 1.165) is 17.6 Å². The van der Waals surface area contributed by atoms with Gasteiger partial charge in [0.05, 0.1) is 6.61 Å². The Bertz CT molecular complexity index is 647. The van der Waals surface area contributed by atoms with Crippen LogP contribution in [0.4, 0.5) is 4.79 Å². The van der Waals surface area contributed by atoms with Gasteiger partial charge in [-0.3, -0.25) is 4.90 Å². The second-order valence-corrected chi connectivity index (χ2v) is 6.93. The van der Waals surface area contributed by atoms with Crippen LogP contribution >= 0.6 is 0 Å². The molecule has 26 heavy (non-hydrogen) atoms. The molecule has 3 aliphatic heterocycles. The molecule has 1 amide bonds. The van der Waals surface area contributed by atoms with Crippen molar-refractivity contribution in [2.45, 2.75) is 62.3 Å². The highest BCUT2D eigenvalue weighted by Crippen LogP contribution is 2.45.